The van der Waals surface area contributed by atoms with Gasteiger partial charge in [0, 0.05) is 10.6 Å². The molecule has 27 heavy (non-hydrogen) atoms. The molecule has 0 spiro atoms. The Morgan fingerprint density at radius 3 is 2.41 bits per heavy atom. The lowest BCUT2D eigenvalue weighted by Crippen LogP contribution is -2.22. The molecule has 0 fully saturated rings. The number of nitriles is 1. The molecule has 0 aromatic heterocycles. The number of hydrogen-bond acceptors (Lipinski definition) is 5. The third-order valence-electron chi connectivity index (χ3n) is 4.14. The first-order valence-electron chi connectivity index (χ1n) is 8.58. The van der Waals surface area contributed by atoms with Crippen molar-refractivity contribution in [3.05, 3.63) is 59.2 Å². The van der Waals surface area contributed by atoms with Gasteiger partial charge >= 0.3 is 5.97 Å². The first-order valence-corrected chi connectivity index (χ1v) is 9.40. The van der Waals surface area contributed by atoms with Gasteiger partial charge in [0.15, 0.2) is 6.61 Å². The van der Waals surface area contributed by atoms with Crippen LogP contribution in [0.15, 0.2) is 47.4 Å². The molecular weight excluding hydrogens is 360 g/mol. The minimum Gasteiger partial charge on any atom is -0.456 e. The largest absolute Gasteiger partial charge is 0.456 e. The van der Waals surface area contributed by atoms with E-state index in [1.807, 2.05) is 68.6 Å². The summed E-state index contributed by atoms with van der Waals surface area (Å²) in [4.78, 5) is 25.0. The topological polar surface area (TPSA) is 79.2 Å². The van der Waals surface area contributed by atoms with Gasteiger partial charge in [-0.25, -0.2) is 0 Å². The molecule has 0 bridgehead atoms. The summed E-state index contributed by atoms with van der Waals surface area (Å²) < 4.78 is 5.11. The molecule has 2 rings (SSSR count). The average molecular weight is 382 g/mol. The summed E-state index contributed by atoms with van der Waals surface area (Å²) in [5, 5.41) is 13.6. The molecule has 0 saturated carbocycles. The molecular formula is C21H22N2O3S. The van der Waals surface area contributed by atoms with Crippen molar-refractivity contribution in [1.29, 1.82) is 5.26 Å². The van der Waals surface area contributed by atoms with E-state index in [0.29, 0.717) is 5.69 Å². The lowest BCUT2D eigenvalue weighted by Gasteiger charge is -2.14. The molecule has 1 N–H and O–H groups in total. The molecule has 0 unspecified atom stereocenters. The molecule has 2 aromatic rings. The predicted octanol–water partition coefficient (Wildman–Crippen LogP) is 4.55. The van der Waals surface area contributed by atoms with E-state index in [1.54, 1.807) is 0 Å². The van der Waals surface area contributed by atoms with Gasteiger partial charge in [0.25, 0.3) is 5.91 Å². The smallest absolute Gasteiger partial charge is 0.306 e. The number of amides is 1. The highest BCUT2D eigenvalue weighted by atomic mass is 32.2. The molecule has 0 saturated heterocycles. The number of benzene rings is 2. The second-order valence-electron chi connectivity index (χ2n) is 6.35. The van der Waals surface area contributed by atoms with E-state index in [0.717, 1.165) is 33.3 Å². The number of ether oxygens (including phenoxy) is 1. The van der Waals surface area contributed by atoms with Crippen LogP contribution in [0.3, 0.4) is 0 Å². The Balaban J connectivity index is 1.87. The summed E-state index contributed by atoms with van der Waals surface area (Å²) in [6.45, 7) is 5.34. The summed E-state index contributed by atoms with van der Waals surface area (Å²) in [5.74, 6) is -0.769. The Bertz CT molecular complexity index is 836. The van der Waals surface area contributed by atoms with Crippen molar-refractivity contribution in [3.8, 4) is 5.40 Å². The maximum Gasteiger partial charge on any atom is 0.306 e. The highest BCUT2D eigenvalue weighted by Crippen LogP contribution is 2.27. The van der Waals surface area contributed by atoms with E-state index in [1.165, 1.54) is 0 Å². The van der Waals surface area contributed by atoms with E-state index in [9.17, 15) is 9.59 Å². The van der Waals surface area contributed by atoms with Crippen LogP contribution in [0.1, 0.15) is 36.0 Å². The second-order valence-corrected chi connectivity index (χ2v) is 7.21. The lowest BCUT2D eigenvalue weighted by atomic mass is 9.98. The zero-order chi connectivity index (χ0) is 19.8. The van der Waals surface area contributed by atoms with E-state index >= 15 is 0 Å². The van der Waals surface area contributed by atoms with Gasteiger partial charge in [0.2, 0.25) is 0 Å². The molecule has 0 heterocycles. The van der Waals surface area contributed by atoms with Crippen LogP contribution < -0.4 is 5.32 Å². The van der Waals surface area contributed by atoms with Gasteiger partial charge in [-0.15, -0.1) is 0 Å². The minimum atomic E-state index is -0.407. The quantitative estimate of drug-likeness (QED) is 0.432. The molecule has 0 aliphatic rings. The van der Waals surface area contributed by atoms with Crippen molar-refractivity contribution in [2.45, 2.75) is 38.0 Å². The zero-order valence-electron chi connectivity index (χ0n) is 15.6. The van der Waals surface area contributed by atoms with Crippen molar-refractivity contribution < 1.29 is 14.3 Å². The van der Waals surface area contributed by atoms with Crippen LogP contribution in [-0.2, 0) is 14.3 Å². The molecule has 1 atom stereocenters. The van der Waals surface area contributed by atoms with Crippen molar-refractivity contribution >= 4 is 29.3 Å². The SMILES string of the molecule is Cc1cc(SC#N)cc(C)c1NC(=O)COC(=O)C[C@H](C)c1ccccc1. The molecule has 6 heteroatoms. The second kappa shape index (κ2) is 9.79. The monoisotopic (exact) mass is 382 g/mol. The van der Waals surface area contributed by atoms with Crippen molar-refractivity contribution in [3.63, 3.8) is 0 Å². The van der Waals surface area contributed by atoms with E-state index in [2.05, 4.69) is 5.32 Å². The number of carbonyl (C=O) groups excluding carboxylic acids is 2. The van der Waals surface area contributed by atoms with Crippen LogP contribution in [0.5, 0.6) is 0 Å². The molecule has 0 aliphatic carbocycles. The number of rotatable bonds is 7. The Morgan fingerprint density at radius 1 is 1.19 bits per heavy atom. The number of esters is 1. The maximum atomic E-state index is 12.1. The summed E-state index contributed by atoms with van der Waals surface area (Å²) in [5.41, 5.74) is 3.44. The van der Waals surface area contributed by atoms with Crippen molar-refractivity contribution in [2.75, 3.05) is 11.9 Å². The van der Waals surface area contributed by atoms with Gasteiger partial charge in [0.1, 0.15) is 5.40 Å². The highest BCUT2D eigenvalue weighted by Gasteiger charge is 2.15. The normalized spacial score (nSPS) is 11.3. The molecule has 1 amide bonds. The van der Waals surface area contributed by atoms with Crippen LogP contribution in [0.4, 0.5) is 5.69 Å². The van der Waals surface area contributed by atoms with Gasteiger partial charge in [-0.3, -0.25) is 9.59 Å². The molecule has 0 aliphatic heterocycles. The van der Waals surface area contributed by atoms with Gasteiger partial charge in [-0.2, -0.15) is 5.26 Å². The van der Waals surface area contributed by atoms with Crippen LogP contribution in [0.25, 0.3) is 0 Å². The van der Waals surface area contributed by atoms with Crippen molar-refractivity contribution in [2.24, 2.45) is 0 Å². The Kier molecular flexibility index (Phi) is 7.44. The summed E-state index contributed by atoms with van der Waals surface area (Å²) in [7, 11) is 0. The molecule has 2 aromatic carbocycles. The van der Waals surface area contributed by atoms with Crippen LogP contribution >= 0.6 is 11.8 Å². The number of thioether (sulfide) groups is 1. The maximum absolute atomic E-state index is 12.1. The van der Waals surface area contributed by atoms with E-state index < -0.39 is 5.97 Å². The number of nitrogens with zero attached hydrogens (tertiary/aromatic N) is 1. The number of carbonyl (C=O) groups is 2. The summed E-state index contributed by atoms with van der Waals surface area (Å²) >= 11 is 1.07. The van der Waals surface area contributed by atoms with Gasteiger partial charge < -0.3 is 10.1 Å². The fraction of sp³-hybridized carbons (Fsp3) is 0.286. The van der Waals surface area contributed by atoms with Crippen molar-refractivity contribution in [1.82, 2.24) is 0 Å². The Morgan fingerprint density at radius 2 is 1.81 bits per heavy atom. The average Bonchev–Trinajstić information content (AvgIpc) is 2.64. The number of thiocyanates is 1. The van der Waals surface area contributed by atoms with Gasteiger partial charge in [0.05, 0.1) is 6.42 Å². The first-order chi connectivity index (χ1) is 12.9. The Labute approximate surface area is 163 Å². The zero-order valence-corrected chi connectivity index (χ0v) is 16.4. The summed E-state index contributed by atoms with van der Waals surface area (Å²) in [6, 6.07) is 13.4. The van der Waals surface area contributed by atoms with Gasteiger partial charge in [-0.1, -0.05) is 37.3 Å². The fourth-order valence-electron chi connectivity index (χ4n) is 2.76. The molecule has 140 valence electrons. The fourth-order valence-corrected chi connectivity index (χ4v) is 3.34. The number of hydrogen-bond donors (Lipinski definition) is 1. The van der Waals surface area contributed by atoms with Crippen LogP contribution in [0.2, 0.25) is 0 Å². The standard InChI is InChI=1S/C21H22N2O3S/c1-14(17-7-5-4-6-8-17)11-20(25)26-12-19(24)23-21-15(2)9-18(27-13-22)10-16(21)3/h4-10,14H,11-12H2,1-3H3,(H,23,24)/t14-/m0/s1. The van der Waals surface area contributed by atoms with E-state index in [-0.39, 0.29) is 24.9 Å². The first kappa shape index (κ1) is 20.5. The molecule has 0 radical (unpaired) electrons. The summed E-state index contributed by atoms with van der Waals surface area (Å²) in [6.07, 6.45) is 0.218. The van der Waals surface area contributed by atoms with Crippen LogP contribution in [-0.4, -0.2) is 18.5 Å². The highest BCUT2D eigenvalue weighted by molar-refractivity contribution is 8.03. The van der Waals surface area contributed by atoms with Gasteiger partial charge in [-0.05, 0) is 60.4 Å². The third kappa shape index (κ3) is 6.15. The molecule has 5 nitrogen and oxygen atoms in total. The minimum absolute atomic E-state index is 0.0245. The van der Waals surface area contributed by atoms with E-state index in [4.69, 9.17) is 10.00 Å². The number of nitrogens with one attached hydrogen (secondary N) is 1. The van der Waals surface area contributed by atoms with Crippen LogP contribution in [0, 0.1) is 24.5 Å². The Hall–Kier alpha value is -2.78. The number of aryl methyl sites for hydroxylation is 2. The third-order valence-corrected chi connectivity index (χ3v) is 4.70. The predicted molar refractivity (Wildman–Crippen MR) is 106 cm³/mol. The number of anilines is 1. The lowest BCUT2D eigenvalue weighted by molar-refractivity contribution is -0.147.